The molecule has 110 valence electrons. The topological polar surface area (TPSA) is 55.6 Å². The lowest BCUT2D eigenvalue weighted by Crippen LogP contribution is -2.34. The molecule has 0 saturated carbocycles. The van der Waals surface area contributed by atoms with Crippen LogP contribution in [0.2, 0.25) is 0 Å². The first-order valence-corrected chi connectivity index (χ1v) is 7.12. The van der Waals surface area contributed by atoms with E-state index in [1.165, 1.54) is 0 Å². The van der Waals surface area contributed by atoms with Crippen molar-refractivity contribution in [3.05, 3.63) is 29.8 Å². The van der Waals surface area contributed by atoms with Gasteiger partial charge in [0.05, 0.1) is 5.56 Å². The normalized spacial score (nSPS) is 11.8. The Kier molecular flexibility index (Phi) is 6.45. The molecule has 1 aromatic rings. The standard InChI is InChI=1S/C15H22N2O2S/c1-4-11(2)9-17(3)14(18)10-19-13-8-6-5-7-12(13)15(16)20/h5-8,11H,4,9-10H2,1-3H3,(H2,16,20). The number of nitrogens with two attached hydrogens (primary N) is 1. The molecule has 20 heavy (non-hydrogen) atoms. The number of likely N-dealkylation sites (N-methyl/N-ethyl adjacent to an activating group) is 1. The number of benzene rings is 1. The molecule has 1 unspecified atom stereocenters. The molecule has 0 fully saturated rings. The van der Waals surface area contributed by atoms with Gasteiger partial charge in [0.25, 0.3) is 5.91 Å². The second-order valence-electron chi connectivity index (χ2n) is 4.94. The van der Waals surface area contributed by atoms with Crippen LogP contribution in [0.5, 0.6) is 5.75 Å². The highest BCUT2D eigenvalue weighted by Gasteiger charge is 2.13. The third kappa shape index (κ3) is 4.81. The van der Waals surface area contributed by atoms with E-state index in [2.05, 4.69) is 13.8 Å². The van der Waals surface area contributed by atoms with Crippen LogP contribution in [0.3, 0.4) is 0 Å². The minimum Gasteiger partial charge on any atom is -0.483 e. The van der Waals surface area contributed by atoms with Gasteiger partial charge < -0.3 is 15.4 Å². The fourth-order valence-corrected chi connectivity index (χ4v) is 1.91. The summed E-state index contributed by atoms with van der Waals surface area (Å²) in [5.41, 5.74) is 6.27. The Morgan fingerprint density at radius 3 is 2.70 bits per heavy atom. The van der Waals surface area contributed by atoms with Gasteiger partial charge in [0, 0.05) is 13.6 Å². The molecule has 1 amide bonds. The monoisotopic (exact) mass is 294 g/mol. The zero-order chi connectivity index (χ0) is 15.1. The first-order chi connectivity index (χ1) is 9.45. The van der Waals surface area contributed by atoms with Gasteiger partial charge in [-0.05, 0) is 18.1 Å². The average Bonchev–Trinajstić information content (AvgIpc) is 2.44. The van der Waals surface area contributed by atoms with E-state index in [1.807, 2.05) is 12.1 Å². The average molecular weight is 294 g/mol. The number of hydrogen-bond acceptors (Lipinski definition) is 3. The van der Waals surface area contributed by atoms with Crippen LogP contribution in [-0.4, -0.2) is 36.0 Å². The largest absolute Gasteiger partial charge is 0.483 e. The molecule has 0 aromatic heterocycles. The lowest BCUT2D eigenvalue weighted by molar-refractivity contribution is -0.132. The summed E-state index contributed by atoms with van der Waals surface area (Å²) < 4.78 is 5.54. The summed E-state index contributed by atoms with van der Waals surface area (Å²) in [5, 5.41) is 0. The van der Waals surface area contributed by atoms with E-state index in [1.54, 1.807) is 24.1 Å². The summed E-state index contributed by atoms with van der Waals surface area (Å²) in [7, 11) is 1.79. The summed E-state index contributed by atoms with van der Waals surface area (Å²) in [6.45, 7) is 4.95. The second-order valence-corrected chi connectivity index (χ2v) is 5.38. The molecule has 0 heterocycles. The van der Waals surface area contributed by atoms with Crippen molar-refractivity contribution in [3.8, 4) is 5.75 Å². The third-order valence-corrected chi connectivity index (χ3v) is 3.43. The van der Waals surface area contributed by atoms with Crippen LogP contribution in [0.15, 0.2) is 24.3 Å². The molecule has 2 N–H and O–H groups in total. The lowest BCUT2D eigenvalue weighted by atomic mass is 10.1. The van der Waals surface area contributed by atoms with Gasteiger partial charge in [0.2, 0.25) is 0 Å². The van der Waals surface area contributed by atoms with Crippen LogP contribution in [0, 0.1) is 5.92 Å². The molecular formula is C15H22N2O2S. The van der Waals surface area contributed by atoms with Gasteiger partial charge in [-0.2, -0.15) is 0 Å². The Morgan fingerprint density at radius 2 is 2.10 bits per heavy atom. The summed E-state index contributed by atoms with van der Waals surface area (Å²) in [5.74, 6) is 0.973. The fourth-order valence-electron chi connectivity index (χ4n) is 1.74. The Hall–Kier alpha value is -1.62. The molecule has 0 saturated heterocycles. The van der Waals surface area contributed by atoms with Crippen LogP contribution in [-0.2, 0) is 4.79 Å². The van der Waals surface area contributed by atoms with Crippen molar-refractivity contribution in [2.45, 2.75) is 20.3 Å². The smallest absolute Gasteiger partial charge is 0.260 e. The van der Waals surface area contributed by atoms with Crippen LogP contribution in [0.4, 0.5) is 0 Å². The molecule has 0 aliphatic heterocycles. The van der Waals surface area contributed by atoms with Crippen molar-refractivity contribution in [1.29, 1.82) is 0 Å². The number of thiocarbonyl (C=S) groups is 1. The van der Waals surface area contributed by atoms with Gasteiger partial charge in [-0.25, -0.2) is 0 Å². The summed E-state index contributed by atoms with van der Waals surface area (Å²) >= 11 is 4.96. The van der Waals surface area contributed by atoms with Crippen molar-refractivity contribution in [1.82, 2.24) is 4.90 Å². The first kappa shape index (κ1) is 16.4. The first-order valence-electron chi connectivity index (χ1n) is 6.71. The second kappa shape index (κ2) is 7.85. The van der Waals surface area contributed by atoms with Crippen molar-refractivity contribution >= 4 is 23.1 Å². The van der Waals surface area contributed by atoms with Crippen LogP contribution in [0.1, 0.15) is 25.8 Å². The Morgan fingerprint density at radius 1 is 1.45 bits per heavy atom. The van der Waals surface area contributed by atoms with E-state index in [4.69, 9.17) is 22.7 Å². The fraction of sp³-hybridized carbons (Fsp3) is 0.467. The predicted molar refractivity (Wildman–Crippen MR) is 84.9 cm³/mol. The van der Waals surface area contributed by atoms with Gasteiger partial charge in [-0.15, -0.1) is 0 Å². The highest BCUT2D eigenvalue weighted by Crippen LogP contribution is 2.17. The quantitative estimate of drug-likeness (QED) is 0.783. The Balaban J connectivity index is 2.59. The zero-order valence-electron chi connectivity index (χ0n) is 12.3. The minimum absolute atomic E-state index is 0.00738. The van der Waals surface area contributed by atoms with Crippen LogP contribution >= 0.6 is 12.2 Å². The number of nitrogens with zero attached hydrogens (tertiary/aromatic N) is 1. The SMILES string of the molecule is CCC(C)CN(C)C(=O)COc1ccccc1C(N)=S. The Bertz CT molecular complexity index is 477. The number of para-hydroxylation sites is 1. The van der Waals surface area contributed by atoms with Crippen LogP contribution in [0.25, 0.3) is 0 Å². The van der Waals surface area contributed by atoms with Gasteiger partial charge in [-0.1, -0.05) is 44.6 Å². The van der Waals surface area contributed by atoms with E-state index in [0.717, 1.165) is 13.0 Å². The highest BCUT2D eigenvalue weighted by atomic mass is 32.1. The van der Waals surface area contributed by atoms with Crippen molar-refractivity contribution in [3.63, 3.8) is 0 Å². The number of carbonyl (C=O) groups excluding carboxylic acids is 1. The molecule has 0 aliphatic rings. The lowest BCUT2D eigenvalue weighted by Gasteiger charge is -2.21. The minimum atomic E-state index is -0.0527. The van der Waals surface area contributed by atoms with Crippen LogP contribution < -0.4 is 10.5 Å². The highest BCUT2D eigenvalue weighted by molar-refractivity contribution is 7.80. The van der Waals surface area contributed by atoms with E-state index in [9.17, 15) is 4.79 Å². The van der Waals surface area contributed by atoms with Gasteiger partial charge in [0.1, 0.15) is 10.7 Å². The third-order valence-electron chi connectivity index (χ3n) is 3.21. The number of hydrogen-bond donors (Lipinski definition) is 1. The molecule has 1 rings (SSSR count). The number of amides is 1. The van der Waals surface area contributed by atoms with Crippen molar-refractivity contribution in [2.75, 3.05) is 20.2 Å². The van der Waals surface area contributed by atoms with E-state index in [0.29, 0.717) is 17.2 Å². The molecule has 0 radical (unpaired) electrons. The molecular weight excluding hydrogens is 272 g/mol. The van der Waals surface area contributed by atoms with Crippen molar-refractivity contribution < 1.29 is 9.53 Å². The van der Waals surface area contributed by atoms with E-state index >= 15 is 0 Å². The predicted octanol–water partition coefficient (Wildman–Crippen LogP) is 2.20. The van der Waals surface area contributed by atoms with E-state index in [-0.39, 0.29) is 17.5 Å². The molecule has 0 aliphatic carbocycles. The summed E-state index contributed by atoms with van der Waals surface area (Å²) in [6, 6.07) is 7.20. The van der Waals surface area contributed by atoms with Crippen molar-refractivity contribution in [2.24, 2.45) is 11.7 Å². The molecule has 1 aromatic carbocycles. The maximum atomic E-state index is 12.0. The molecule has 4 nitrogen and oxygen atoms in total. The number of ether oxygens (including phenoxy) is 1. The maximum Gasteiger partial charge on any atom is 0.260 e. The zero-order valence-corrected chi connectivity index (χ0v) is 13.1. The van der Waals surface area contributed by atoms with Gasteiger partial charge in [0.15, 0.2) is 6.61 Å². The molecule has 0 bridgehead atoms. The van der Waals surface area contributed by atoms with E-state index < -0.39 is 0 Å². The maximum absolute atomic E-state index is 12.0. The molecule has 1 atom stereocenters. The summed E-state index contributed by atoms with van der Waals surface area (Å²) in [4.78, 5) is 13.9. The number of rotatable bonds is 7. The molecule has 5 heteroatoms. The van der Waals surface area contributed by atoms with Gasteiger partial charge in [-0.3, -0.25) is 4.79 Å². The number of carbonyl (C=O) groups is 1. The summed E-state index contributed by atoms with van der Waals surface area (Å²) in [6.07, 6.45) is 1.04. The van der Waals surface area contributed by atoms with Gasteiger partial charge >= 0.3 is 0 Å². The Labute approximate surface area is 125 Å². The molecule has 0 spiro atoms.